The molecule has 0 amide bonds. The lowest BCUT2D eigenvalue weighted by molar-refractivity contribution is 0.464. The number of aromatic nitrogens is 3. The number of nitrogens with two attached hydrogens (primary N) is 1. The Balaban J connectivity index is 1.92. The minimum absolute atomic E-state index is 0.480. The van der Waals surface area contributed by atoms with E-state index in [9.17, 15) is 0 Å². The second-order valence-corrected chi connectivity index (χ2v) is 4.00. The zero-order valence-electron chi connectivity index (χ0n) is 10.2. The molecular formula is C14H12N4O. The molecule has 2 N–H and O–H groups in total. The molecule has 2 heterocycles. The molecule has 0 saturated heterocycles. The molecule has 0 spiro atoms. The Morgan fingerprint density at radius 2 is 1.95 bits per heavy atom. The third kappa shape index (κ3) is 2.51. The molecule has 0 bridgehead atoms. The third-order valence-electron chi connectivity index (χ3n) is 2.66. The van der Waals surface area contributed by atoms with E-state index >= 15 is 0 Å². The van der Waals surface area contributed by atoms with Crippen molar-refractivity contribution in [3.8, 4) is 11.6 Å². The summed E-state index contributed by atoms with van der Waals surface area (Å²) in [6.45, 7) is 0.480. The van der Waals surface area contributed by atoms with E-state index in [1.54, 1.807) is 18.5 Å². The molecule has 3 aromatic rings. The second kappa shape index (κ2) is 4.99. The number of nitrogens with zero attached hydrogens (tertiary/aromatic N) is 3. The van der Waals surface area contributed by atoms with Crippen molar-refractivity contribution in [1.82, 2.24) is 15.0 Å². The van der Waals surface area contributed by atoms with Crippen molar-refractivity contribution in [3.63, 3.8) is 0 Å². The highest BCUT2D eigenvalue weighted by atomic mass is 16.5. The van der Waals surface area contributed by atoms with Crippen molar-refractivity contribution >= 4 is 11.2 Å². The van der Waals surface area contributed by atoms with Gasteiger partial charge in [0.05, 0.1) is 0 Å². The van der Waals surface area contributed by atoms with Gasteiger partial charge in [0.1, 0.15) is 11.3 Å². The average Bonchev–Trinajstić information content (AvgIpc) is 2.47. The molecule has 2 aromatic heterocycles. The predicted octanol–water partition coefficient (Wildman–Crippen LogP) is 2.28. The summed E-state index contributed by atoms with van der Waals surface area (Å²) in [5, 5.41) is 0. The monoisotopic (exact) mass is 252 g/mol. The Hall–Kier alpha value is -2.53. The molecule has 5 heteroatoms. The number of hydrogen-bond acceptors (Lipinski definition) is 5. The van der Waals surface area contributed by atoms with Gasteiger partial charge in [-0.3, -0.25) is 4.98 Å². The first-order valence-corrected chi connectivity index (χ1v) is 5.90. The van der Waals surface area contributed by atoms with Crippen LogP contribution in [0.15, 0.2) is 48.8 Å². The topological polar surface area (TPSA) is 73.9 Å². The maximum Gasteiger partial charge on any atom is 0.221 e. The summed E-state index contributed by atoms with van der Waals surface area (Å²) in [5.74, 6) is 1.20. The quantitative estimate of drug-likeness (QED) is 0.774. The van der Waals surface area contributed by atoms with Crippen LogP contribution in [0.25, 0.3) is 11.2 Å². The lowest BCUT2D eigenvalue weighted by Crippen LogP contribution is -1.96. The Bertz CT molecular complexity index is 714. The van der Waals surface area contributed by atoms with Crippen molar-refractivity contribution in [1.29, 1.82) is 0 Å². The highest BCUT2D eigenvalue weighted by Crippen LogP contribution is 2.21. The first-order valence-electron chi connectivity index (χ1n) is 5.90. The van der Waals surface area contributed by atoms with E-state index in [0.29, 0.717) is 23.8 Å². The molecule has 0 saturated carbocycles. The third-order valence-corrected chi connectivity index (χ3v) is 2.66. The summed E-state index contributed by atoms with van der Waals surface area (Å²) in [6, 6.07) is 11.2. The summed E-state index contributed by atoms with van der Waals surface area (Å²) in [5.41, 5.74) is 7.92. The van der Waals surface area contributed by atoms with Crippen molar-refractivity contribution in [3.05, 3.63) is 54.4 Å². The molecule has 0 atom stereocenters. The smallest absolute Gasteiger partial charge is 0.221 e. The van der Waals surface area contributed by atoms with Gasteiger partial charge in [0, 0.05) is 25.0 Å². The van der Waals surface area contributed by atoms with Crippen molar-refractivity contribution in [2.24, 2.45) is 5.73 Å². The molecule has 0 fully saturated rings. The Morgan fingerprint density at radius 3 is 2.84 bits per heavy atom. The van der Waals surface area contributed by atoms with Crippen LogP contribution < -0.4 is 10.5 Å². The van der Waals surface area contributed by atoms with Gasteiger partial charge in [-0.25, -0.2) is 4.98 Å². The SMILES string of the molecule is NCc1cccc(Oc2ccc3nccnc3n2)c1. The van der Waals surface area contributed by atoms with Crippen LogP contribution in [0.1, 0.15) is 5.56 Å². The lowest BCUT2D eigenvalue weighted by atomic mass is 10.2. The molecule has 94 valence electrons. The van der Waals surface area contributed by atoms with Crippen LogP contribution in [0.4, 0.5) is 0 Å². The number of ether oxygens (including phenoxy) is 1. The standard InChI is InChI=1S/C14H12N4O/c15-9-10-2-1-3-11(8-10)19-13-5-4-12-14(18-13)17-7-6-16-12/h1-8H,9,15H2. The predicted molar refractivity (Wildman–Crippen MR) is 71.7 cm³/mol. The van der Waals surface area contributed by atoms with E-state index in [1.165, 1.54) is 0 Å². The first kappa shape index (κ1) is 11.6. The van der Waals surface area contributed by atoms with E-state index < -0.39 is 0 Å². The zero-order chi connectivity index (χ0) is 13.1. The van der Waals surface area contributed by atoms with Gasteiger partial charge in [0.2, 0.25) is 5.88 Å². The average molecular weight is 252 g/mol. The van der Waals surface area contributed by atoms with Crippen molar-refractivity contribution in [2.75, 3.05) is 0 Å². The molecule has 0 unspecified atom stereocenters. The second-order valence-electron chi connectivity index (χ2n) is 4.00. The largest absolute Gasteiger partial charge is 0.439 e. The minimum atomic E-state index is 0.480. The van der Waals surface area contributed by atoms with Crippen LogP contribution >= 0.6 is 0 Å². The molecule has 5 nitrogen and oxygen atoms in total. The van der Waals surface area contributed by atoms with Crippen LogP contribution in [-0.2, 0) is 6.54 Å². The lowest BCUT2D eigenvalue weighted by Gasteiger charge is -2.06. The fourth-order valence-electron chi connectivity index (χ4n) is 1.75. The molecule has 0 aliphatic heterocycles. The van der Waals surface area contributed by atoms with Gasteiger partial charge in [0.25, 0.3) is 0 Å². The van der Waals surface area contributed by atoms with Gasteiger partial charge >= 0.3 is 0 Å². The van der Waals surface area contributed by atoms with Gasteiger partial charge in [-0.05, 0) is 23.8 Å². The van der Waals surface area contributed by atoms with Crippen LogP contribution in [0.5, 0.6) is 11.6 Å². The normalized spacial score (nSPS) is 10.6. The molecule has 0 aliphatic carbocycles. The van der Waals surface area contributed by atoms with E-state index in [2.05, 4.69) is 15.0 Å². The number of pyridine rings is 1. The summed E-state index contributed by atoms with van der Waals surface area (Å²) in [6.07, 6.45) is 3.24. The minimum Gasteiger partial charge on any atom is -0.439 e. The maximum atomic E-state index is 5.69. The molecule has 0 radical (unpaired) electrons. The Labute approximate surface area is 110 Å². The van der Waals surface area contributed by atoms with Gasteiger partial charge in [-0.1, -0.05) is 12.1 Å². The van der Waals surface area contributed by atoms with E-state index in [1.807, 2.05) is 30.3 Å². The van der Waals surface area contributed by atoms with Crippen molar-refractivity contribution in [2.45, 2.75) is 6.54 Å². The van der Waals surface area contributed by atoms with Gasteiger partial charge < -0.3 is 10.5 Å². The van der Waals surface area contributed by atoms with E-state index in [4.69, 9.17) is 10.5 Å². The Kier molecular flexibility index (Phi) is 3.04. The fourth-order valence-corrected chi connectivity index (χ4v) is 1.75. The molecular weight excluding hydrogens is 240 g/mol. The highest BCUT2D eigenvalue weighted by molar-refractivity contribution is 5.69. The van der Waals surface area contributed by atoms with E-state index in [0.717, 1.165) is 11.1 Å². The van der Waals surface area contributed by atoms with Gasteiger partial charge in [-0.2, -0.15) is 4.98 Å². The Morgan fingerprint density at radius 1 is 1.05 bits per heavy atom. The van der Waals surface area contributed by atoms with E-state index in [-0.39, 0.29) is 0 Å². The molecule has 3 rings (SSSR count). The molecule has 0 aliphatic rings. The van der Waals surface area contributed by atoms with Crippen LogP contribution in [0.3, 0.4) is 0 Å². The summed E-state index contributed by atoms with van der Waals surface area (Å²) in [7, 11) is 0. The molecule has 19 heavy (non-hydrogen) atoms. The number of hydrogen-bond donors (Lipinski definition) is 1. The van der Waals surface area contributed by atoms with Gasteiger partial charge in [-0.15, -0.1) is 0 Å². The number of rotatable bonds is 3. The number of benzene rings is 1. The van der Waals surface area contributed by atoms with Gasteiger partial charge in [0.15, 0.2) is 5.65 Å². The summed E-state index contributed by atoms with van der Waals surface area (Å²) in [4.78, 5) is 12.6. The zero-order valence-corrected chi connectivity index (χ0v) is 10.2. The maximum absolute atomic E-state index is 5.69. The summed E-state index contributed by atoms with van der Waals surface area (Å²) < 4.78 is 5.69. The number of fused-ring (bicyclic) bond motifs is 1. The van der Waals surface area contributed by atoms with Crippen molar-refractivity contribution < 1.29 is 4.74 Å². The highest BCUT2D eigenvalue weighted by Gasteiger charge is 2.02. The fraction of sp³-hybridized carbons (Fsp3) is 0.0714. The summed E-state index contributed by atoms with van der Waals surface area (Å²) >= 11 is 0. The van der Waals surface area contributed by atoms with Crippen LogP contribution in [0, 0.1) is 0 Å². The molecule has 1 aromatic carbocycles. The first-order chi connectivity index (χ1) is 9.35. The van der Waals surface area contributed by atoms with Crippen LogP contribution in [-0.4, -0.2) is 15.0 Å². The van der Waals surface area contributed by atoms with Crippen LogP contribution in [0.2, 0.25) is 0 Å².